The van der Waals surface area contributed by atoms with E-state index >= 15 is 0 Å². The smallest absolute Gasteiger partial charge is 0.160 e. The van der Waals surface area contributed by atoms with E-state index in [1.807, 2.05) is 18.2 Å². The highest BCUT2D eigenvalue weighted by molar-refractivity contribution is 5.94. The molecule has 0 spiro atoms. The summed E-state index contributed by atoms with van der Waals surface area (Å²) in [6.07, 6.45) is 0. The van der Waals surface area contributed by atoms with Gasteiger partial charge >= 0.3 is 0 Å². The number of nitrogen functional groups attached to an aromatic ring is 1. The summed E-state index contributed by atoms with van der Waals surface area (Å²) in [7, 11) is 0. The van der Waals surface area contributed by atoms with Gasteiger partial charge in [-0.15, -0.1) is 0 Å². The lowest BCUT2D eigenvalue weighted by molar-refractivity contribution is 0.571. The topological polar surface area (TPSA) is 75.7 Å². The number of nitrogens with zero attached hydrogens (tertiary/aromatic N) is 2. The summed E-state index contributed by atoms with van der Waals surface area (Å²) in [5, 5.41) is 8.34. The third kappa shape index (κ3) is 2.25. The molecule has 0 saturated heterocycles. The van der Waals surface area contributed by atoms with E-state index in [1.54, 1.807) is 6.07 Å². The molecule has 0 saturated carbocycles. The van der Waals surface area contributed by atoms with E-state index in [2.05, 4.69) is 30.7 Å². The molecule has 2 aromatic rings. The molecule has 17 heavy (non-hydrogen) atoms. The number of pyridine rings is 2. The molecular formula is C13H16N4. The van der Waals surface area contributed by atoms with Crippen LogP contribution < -0.4 is 5.73 Å². The first kappa shape index (κ1) is 11.5. The van der Waals surface area contributed by atoms with Gasteiger partial charge in [-0.1, -0.05) is 20.8 Å². The molecule has 0 amide bonds. The molecule has 2 rings (SSSR count). The molecule has 0 bridgehead atoms. The Kier molecular flexibility index (Phi) is 2.58. The van der Waals surface area contributed by atoms with Crippen molar-refractivity contribution in [2.45, 2.75) is 26.2 Å². The van der Waals surface area contributed by atoms with Crippen LogP contribution in [0.4, 0.5) is 0 Å². The summed E-state index contributed by atoms with van der Waals surface area (Å²) in [4.78, 5) is 8.81. The van der Waals surface area contributed by atoms with Crippen molar-refractivity contribution in [1.29, 1.82) is 5.41 Å². The molecule has 0 aliphatic rings. The van der Waals surface area contributed by atoms with Crippen molar-refractivity contribution in [3.63, 3.8) is 0 Å². The summed E-state index contributed by atoms with van der Waals surface area (Å²) in [6.45, 7) is 6.32. The van der Waals surface area contributed by atoms with E-state index in [9.17, 15) is 0 Å². The molecule has 0 radical (unpaired) electrons. The number of rotatable bonds is 1. The van der Waals surface area contributed by atoms with E-state index in [-0.39, 0.29) is 11.3 Å². The molecule has 4 nitrogen and oxygen atoms in total. The Labute approximate surface area is 100 Å². The number of amidine groups is 1. The highest BCUT2D eigenvalue weighted by Crippen LogP contribution is 2.22. The maximum absolute atomic E-state index is 7.37. The zero-order valence-electron chi connectivity index (χ0n) is 10.3. The lowest BCUT2D eigenvalue weighted by atomic mass is 9.91. The molecule has 0 atom stereocenters. The van der Waals surface area contributed by atoms with Gasteiger partial charge in [-0.3, -0.25) is 5.41 Å². The lowest BCUT2D eigenvalue weighted by Crippen LogP contribution is -2.15. The molecular weight excluding hydrogens is 212 g/mol. The van der Waals surface area contributed by atoms with E-state index in [0.29, 0.717) is 11.3 Å². The fraction of sp³-hybridized carbons (Fsp3) is 0.308. The molecule has 0 unspecified atom stereocenters. The Morgan fingerprint density at radius 2 is 1.76 bits per heavy atom. The lowest BCUT2D eigenvalue weighted by Gasteiger charge is -2.17. The Morgan fingerprint density at radius 1 is 1.12 bits per heavy atom. The minimum atomic E-state index is -0.0325. The summed E-state index contributed by atoms with van der Waals surface area (Å²) in [5.41, 5.74) is 7.51. The normalized spacial score (nSPS) is 11.7. The molecule has 0 fully saturated rings. The predicted octanol–water partition coefficient (Wildman–Crippen LogP) is 2.21. The van der Waals surface area contributed by atoms with Crippen LogP contribution in [0.5, 0.6) is 0 Å². The van der Waals surface area contributed by atoms with Gasteiger partial charge in [0.2, 0.25) is 0 Å². The van der Waals surface area contributed by atoms with E-state index in [1.165, 1.54) is 0 Å². The summed E-state index contributed by atoms with van der Waals surface area (Å²) in [6, 6.07) is 7.64. The fourth-order valence-electron chi connectivity index (χ4n) is 1.57. The first-order chi connectivity index (χ1) is 7.88. The van der Waals surface area contributed by atoms with Crippen LogP contribution in [0.3, 0.4) is 0 Å². The molecule has 3 N–H and O–H groups in total. The Hall–Kier alpha value is -1.97. The zero-order valence-corrected chi connectivity index (χ0v) is 10.3. The van der Waals surface area contributed by atoms with Crippen LogP contribution in [0.25, 0.3) is 11.0 Å². The van der Waals surface area contributed by atoms with Crippen molar-refractivity contribution >= 4 is 16.9 Å². The van der Waals surface area contributed by atoms with E-state index in [0.717, 1.165) is 11.1 Å². The monoisotopic (exact) mass is 228 g/mol. The molecule has 0 aliphatic heterocycles. The number of hydrogen-bond donors (Lipinski definition) is 2. The summed E-state index contributed by atoms with van der Waals surface area (Å²) >= 11 is 0. The van der Waals surface area contributed by atoms with Gasteiger partial charge < -0.3 is 5.73 Å². The second kappa shape index (κ2) is 3.80. The van der Waals surface area contributed by atoms with Crippen LogP contribution in [-0.4, -0.2) is 15.8 Å². The molecule has 4 heteroatoms. The van der Waals surface area contributed by atoms with Gasteiger partial charge in [0.05, 0.1) is 0 Å². The second-order valence-electron chi connectivity index (χ2n) is 5.10. The van der Waals surface area contributed by atoms with Gasteiger partial charge in [0.25, 0.3) is 0 Å². The van der Waals surface area contributed by atoms with Crippen molar-refractivity contribution in [3.05, 3.63) is 35.7 Å². The molecule has 2 aromatic heterocycles. The van der Waals surface area contributed by atoms with Crippen molar-refractivity contribution in [2.75, 3.05) is 0 Å². The number of nitrogens with one attached hydrogen (secondary N) is 1. The van der Waals surface area contributed by atoms with Crippen molar-refractivity contribution in [3.8, 4) is 0 Å². The van der Waals surface area contributed by atoms with Crippen LogP contribution >= 0.6 is 0 Å². The average Bonchev–Trinajstić information content (AvgIpc) is 2.26. The predicted molar refractivity (Wildman–Crippen MR) is 69.3 cm³/mol. The molecule has 88 valence electrons. The highest BCUT2D eigenvalue weighted by atomic mass is 14.9. The van der Waals surface area contributed by atoms with Gasteiger partial charge in [-0.2, -0.15) is 0 Å². The van der Waals surface area contributed by atoms with Gasteiger partial charge in [0.15, 0.2) is 5.65 Å². The van der Waals surface area contributed by atoms with Crippen LogP contribution in [0, 0.1) is 5.41 Å². The van der Waals surface area contributed by atoms with Crippen molar-refractivity contribution < 1.29 is 0 Å². The van der Waals surface area contributed by atoms with Gasteiger partial charge in [0.1, 0.15) is 11.5 Å². The first-order valence-electron chi connectivity index (χ1n) is 5.50. The average molecular weight is 228 g/mol. The van der Waals surface area contributed by atoms with Gasteiger partial charge in [0, 0.05) is 16.5 Å². The van der Waals surface area contributed by atoms with Gasteiger partial charge in [-0.25, -0.2) is 9.97 Å². The van der Waals surface area contributed by atoms with Crippen LogP contribution in [0.2, 0.25) is 0 Å². The van der Waals surface area contributed by atoms with Crippen LogP contribution in [0.1, 0.15) is 32.2 Å². The fourth-order valence-corrected chi connectivity index (χ4v) is 1.57. The van der Waals surface area contributed by atoms with Crippen LogP contribution in [0.15, 0.2) is 24.3 Å². The van der Waals surface area contributed by atoms with E-state index in [4.69, 9.17) is 11.1 Å². The third-order valence-corrected chi connectivity index (χ3v) is 2.60. The Balaban J connectivity index is 2.62. The standard InChI is InChI=1S/C13H16N4/c1-13(2,3)10-7-5-8-4-6-9(11(14)15)16-12(8)17-10/h4-7H,1-3H3,(H3,14,15). The largest absolute Gasteiger partial charge is 0.382 e. The van der Waals surface area contributed by atoms with Crippen molar-refractivity contribution in [2.24, 2.45) is 5.73 Å². The minimum Gasteiger partial charge on any atom is -0.382 e. The highest BCUT2D eigenvalue weighted by Gasteiger charge is 2.16. The maximum Gasteiger partial charge on any atom is 0.160 e. The minimum absolute atomic E-state index is 0.0118. The zero-order chi connectivity index (χ0) is 12.6. The molecule has 0 aromatic carbocycles. The maximum atomic E-state index is 7.37. The molecule has 2 heterocycles. The second-order valence-corrected chi connectivity index (χ2v) is 5.10. The Bertz CT molecular complexity index is 581. The summed E-state index contributed by atoms with van der Waals surface area (Å²) in [5.74, 6) is -0.0325. The quantitative estimate of drug-likeness (QED) is 0.580. The number of hydrogen-bond acceptors (Lipinski definition) is 3. The third-order valence-electron chi connectivity index (χ3n) is 2.60. The SMILES string of the molecule is CC(C)(C)c1ccc2ccc(C(=N)N)nc2n1. The van der Waals surface area contributed by atoms with Crippen molar-refractivity contribution in [1.82, 2.24) is 9.97 Å². The summed E-state index contributed by atoms with van der Waals surface area (Å²) < 4.78 is 0. The number of nitrogens with two attached hydrogens (primary N) is 1. The van der Waals surface area contributed by atoms with Gasteiger partial charge in [-0.05, 0) is 24.3 Å². The number of fused-ring (bicyclic) bond motifs is 1. The van der Waals surface area contributed by atoms with Crippen LogP contribution in [-0.2, 0) is 5.41 Å². The first-order valence-corrected chi connectivity index (χ1v) is 5.50. The van der Waals surface area contributed by atoms with E-state index < -0.39 is 0 Å². The Morgan fingerprint density at radius 3 is 2.35 bits per heavy atom. The molecule has 0 aliphatic carbocycles. The number of aromatic nitrogens is 2.